The minimum Gasteiger partial charge on any atom is -0.0616 e. The van der Waals surface area contributed by atoms with Gasteiger partial charge in [0.1, 0.15) is 0 Å². The molecule has 0 aliphatic rings. The SMILES string of the molecule is Brc1ccccc1-c1ccccc1-c1cccc2c1ccc1ccccc12. The van der Waals surface area contributed by atoms with E-state index in [9.17, 15) is 0 Å². The minimum atomic E-state index is 1.11. The standard InChI is InChI=1S/C26H17Br/c27-26-15-6-5-12-25(26)23-11-4-3-10-21(23)22-14-7-13-20-19-9-2-1-8-18(19)16-17-24(20)22/h1-17H. The van der Waals surface area contributed by atoms with Crippen molar-refractivity contribution in [1.29, 1.82) is 0 Å². The second kappa shape index (κ2) is 6.68. The van der Waals surface area contributed by atoms with E-state index in [1.165, 1.54) is 43.8 Å². The molecule has 0 radical (unpaired) electrons. The van der Waals surface area contributed by atoms with Crippen molar-refractivity contribution in [1.82, 2.24) is 0 Å². The number of rotatable bonds is 2. The van der Waals surface area contributed by atoms with Crippen LogP contribution in [-0.4, -0.2) is 0 Å². The van der Waals surface area contributed by atoms with E-state index >= 15 is 0 Å². The summed E-state index contributed by atoms with van der Waals surface area (Å²) < 4.78 is 1.11. The average Bonchev–Trinajstić information content (AvgIpc) is 2.73. The van der Waals surface area contributed by atoms with Crippen LogP contribution < -0.4 is 0 Å². The molecule has 128 valence electrons. The fourth-order valence-electron chi connectivity index (χ4n) is 3.91. The summed E-state index contributed by atoms with van der Waals surface area (Å²) in [5, 5.41) is 5.17. The van der Waals surface area contributed by atoms with Gasteiger partial charge in [-0.2, -0.15) is 0 Å². The van der Waals surface area contributed by atoms with Crippen LogP contribution in [0.1, 0.15) is 0 Å². The van der Waals surface area contributed by atoms with Crippen molar-refractivity contribution in [2.75, 3.05) is 0 Å². The molecule has 0 spiro atoms. The summed E-state index contributed by atoms with van der Waals surface area (Å²) in [5.74, 6) is 0. The first-order valence-corrected chi connectivity index (χ1v) is 9.87. The zero-order valence-corrected chi connectivity index (χ0v) is 16.3. The maximum Gasteiger partial charge on any atom is 0.0253 e. The summed E-state index contributed by atoms with van der Waals surface area (Å²) in [6, 6.07) is 36.8. The summed E-state index contributed by atoms with van der Waals surface area (Å²) in [4.78, 5) is 0. The molecule has 0 N–H and O–H groups in total. The number of halogens is 1. The lowest BCUT2D eigenvalue weighted by atomic mass is 9.90. The van der Waals surface area contributed by atoms with Gasteiger partial charge in [0.05, 0.1) is 0 Å². The Hall–Kier alpha value is -2.90. The number of hydrogen-bond acceptors (Lipinski definition) is 0. The molecule has 0 heterocycles. The van der Waals surface area contributed by atoms with Gasteiger partial charge in [0.2, 0.25) is 0 Å². The predicted octanol–water partition coefficient (Wildman–Crippen LogP) is 8.09. The van der Waals surface area contributed by atoms with Crippen LogP contribution in [0.15, 0.2) is 108 Å². The maximum atomic E-state index is 3.72. The molecule has 0 aliphatic heterocycles. The van der Waals surface area contributed by atoms with E-state index < -0.39 is 0 Å². The van der Waals surface area contributed by atoms with Gasteiger partial charge in [0.25, 0.3) is 0 Å². The Bertz CT molecular complexity index is 1280. The molecular weight excluding hydrogens is 392 g/mol. The van der Waals surface area contributed by atoms with Crippen LogP contribution in [0.2, 0.25) is 0 Å². The first-order chi connectivity index (χ1) is 13.3. The molecule has 0 bridgehead atoms. The van der Waals surface area contributed by atoms with Gasteiger partial charge < -0.3 is 0 Å². The van der Waals surface area contributed by atoms with Crippen molar-refractivity contribution < 1.29 is 0 Å². The van der Waals surface area contributed by atoms with E-state index in [0.29, 0.717) is 0 Å². The second-order valence-corrected chi connectivity index (χ2v) is 7.57. The summed E-state index contributed by atoms with van der Waals surface area (Å²) in [7, 11) is 0. The Morgan fingerprint density at radius 3 is 1.78 bits per heavy atom. The van der Waals surface area contributed by atoms with Gasteiger partial charge in [-0.3, -0.25) is 0 Å². The Morgan fingerprint density at radius 1 is 0.370 bits per heavy atom. The van der Waals surface area contributed by atoms with Gasteiger partial charge in [-0.25, -0.2) is 0 Å². The molecule has 0 saturated carbocycles. The Labute approximate surface area is 167 Å². The fraction of sp³-hybridized carbons (Fsp3) is 0. The molecule has 0 aliphatic carbocycles. The molecule has 5 aromatic carbocycles. The van der Waals surface area contributed by atoms with Crippen LogP contribution in [0.25, 0.3) is 43.8 Å². The molecule has 0 amide bonds. The number of benzene rings is 5. The van der Waals surface area contributed by atoms with Gasteiger partial charge in [-0.15, -0.1) is 0 Å². The normalized spacial score (nSPS) is 11.1. The summed E-state index contributed by atoms with van der Waals surface area (Å²) in [6.45, 7) is 0. The van der Waals surface area contributed by atoms with Crippen LogP contribution in [0, 0.1) is 0 Å². The highest BCUT2D eigenvalue weighted by molar-refractivity contribution is 9.10. The van der Waals surface area contributed by atoms with Crippen molar-refractivity contribution >= 4 is 37.5 Å². The minimum absolute atomic E-state index is 1.11. The Morgan fingerprint density at radius 2 is 0.963 bits per heavy atom. The predicted molar refractivity (Wildman–Crippen MR) is 120 cm³/mol. The summed E-state index contributed by atoms with van der Waals surface area (Å²) in [6.07, 6.45) is 0. The molecule has 5 aromatic rings. The Balaban J connectivity index is 1.83. The smallest absolute Gasteiger partial charge is 0.0253 e. The van der Waals surface area contributed by atoms with Gasteiger partial charge in [0.15, 0.2) is 0 Å². The molecule has 0 saturated heterocycles. The first-order valence-electron chi connectivity index (χ1n) is 9.08. The largest absolute Gasteiger partial charge is 0.0616 e. The van der Waals surface area contributed by atoms with Crippen molar-refractivity contribution in [3.63, 3.8) is 0 Å². The highest BCUT2D eigenvalue weighted by Gasteiger charge is 2.12. The van der Waals surface area contributed by atoms with Crippen molar-refractivity contribution in [2.45, 2.75) is 0 Å². The third-order valence-electron chi connectivity index (χ3n) is 5.17. The van der Waals surface area contributed by atoms with E-state index in [1.54, 1.807) is 0 Å². The highest BCUT2D eigenvalue weighted by Crippen LogP contribution is 2.39. The molecule has 0 fully saturated rings. The van der Waals surface area contributed by atoms with Crippen LogP contribution in [0.5, 0.6) is 0 Å². The molecule has 1 heteroatoms. The van der Waals surface area contributed by atoms with Crippen molar-refractivity contribution in [3.8, 4) is 22.3 Å². The molecule has 5 rings (SSSR count). The summed E-state index contributed by atoms with van der Waals surface area (Å²) in [5.41, 5.74) is 4.98. The van der Waals surface area contributed by atoms with E-state index in [2.05, 4.69) is 119 Å². The zero-order valence-electron chi connectivity index (χ0n) is 14.7. The van der Waals surface area contributed by atoms with E-state index in [-0.39, 0.29) is 0 Å². The molecule has 0 atom stereocenters. The van der Waals surface area contributed by atoms with Crippen LogP contribution in [0.3, 0.4) is 0 Å². The molecule has 0 aromatic heterocycles. The van der Waals surface area contributed by atoms with Gasteiger partial charge in [0, 0.05) is 4.47 Å². The number of fused-ring (bicyclic) bond motifs is 3. The molecule has 0 nitrogen and oxygen atoms in total. The van der Waals surface area contributed by atoms with Gasteiger partial charge in [-0.1, -0.05) is 113 Å². The second-order valence-electron chi connectivity index (χ2n) is 6.71. The summed E-state index contributed by atoms with van der Waals surface area (Å²) >= 11 is 3.72. The molecule has 27 heavy (non-hydrogen) atoms. The van der Waals surface area contributed by atoms with E-state index in [4.69, 9.17) is 0 Å². The lowest BCUT2D eigenvalue weighted by Gasteiger charge is -2.14. The zero-order chi connectivity index (χ0) is 18.2. The fourth-order valence-corrected chi connectivity index (χ4v) is 4.41. The third-order valence-corrected chi connectivity index (χ3v) is 5.86. The highest BCUT2D eigenvalue weighted by atomic mass is 79.9. The van der Waals surface area contributed by atoms with Crippen molar-refractivity contribution in [2.24, 2.45) is 0 Å². The van der Waals surface area contributed by atoms with E-state index in [1.807, 2.05) is 0 Å². The van der Waals surface area contributed by atoms with Gasteiger partial charge >= 0.3 is 0 Å². The number of hydrogen-bond donors (Lipinski definition) is 0. The van der Waals surface area contributed by atoms with E-state index in [0.717, 1.165) is 4.47 Å². The van der Waals surface area contributed by atoms with Gasteiger partial charge in [-0.05, 0) is 49.9 Å². The molecule has 0 unspecified atom stereocenters. The monoisotopic (exact) mass is 408 g/mol. The quantitative estimate of drug-likeness (QED) is 0.259. The van der Waals surface area contributed by atoms with Crippen molar-refractivity contribution in [3.05, 3.63) is 108 Å². The first kappa shape index (κ1) is 16.3. The van der Waals surface area contributed by atoms with Crippen LogP contribution in [0.4, 0.5) is 0 Å². The topological polar surface area (TPSA) is 0 Å². The third kappa shape index (κ3) is 2.75. The maximum absolute atomic E-state index is 3.72. The van der Waals surface area contributed by atoms with Crippen LogP contribution in [-0.2, 0) is 0 Å². The average molecular weight is 409 g/mol. The lowest BCUT2D eigenvalue weighted by molar-refractivity contribution is 1.57. The lowest BCUT2D eigenvalue weighted by Crippen LogP contribution is -1.88. The van der Waals surface area contributed by atoms with Crippen LogP contribution >= 0.6 is 15.9 Å². The molecular formula is C26H17Br. The Kier molecular flexibility index (Phi) is 4.03.